The third-order valence-electron chi connectivity index (χ3n) is 1.96. The van der Waals surface area contributed by atoms with E-state index >= 15 is 0 Å². The Morgan fingerprint density at radius 2 is 1.27 bits per heavy atom. The van der Waals surface area contributed by atoms with Crippen molar-refractivity contribution in [2.45, 2.75) is 46.0 Å². The van der Waals surface area contributed by atoms with Gasteiger partial charge in [-0.3, -0.25) is 0 Å². The highest BCUT2D eigenvalue weighted by Crippen LogP contribution is 1.91. The molecule has 0 heterocycles. The van der Waals surface area contributed by atoms with E-state index in [1.165, 1.54) is 0 Å². The van der Waals surface area contributed by atoms with Crippen molar-refractivity contribution in [3.05, 3.63) is 10.4 Å². The molecule has 0 bridgehead atoms. The van der Waals surface area contributed by atoms with Crippen molar-refractivity contribution in [1.82, 2.24) is 0 Å². The minimum Gasteiger partial charge on any atom is -0.624 e. The summed E-state index contributed by atoms with van der Waals surface area (Å²) in [6.07, 6.45) is 7.43. The Bertz CT molecular complexity index is 191. The summed E-state index contributed by atoms with van der Waals surface area (Å²) in [5.41, 5.74) is 0. The molecule has 0 rings (SSSR count). The van der Waals surface area contributed by atoms with E-state index in [2.05, 4.69) is 0 Å². The van der Waals surface area contributed by atoms with E-state index in [-0.39, 0.29) is 0 Å². The third kappa shape index (κ3) is 9.25. The Kier molecular flexibility index (Phi) is 8.82. The van der Waals surface area contributed by atoms with Gasteiger partial charge in [0, 0.05) is 25.7 Å². The lowest BCUT2D eigenvalue weighted by Gasteiger charge is -2.01. The summed E-state index contributed by atoms with van der Waals surface area (Å²) in [6, 6.07) is 0. The number of rotatable bonds is 8. The van der Waals surface area contributed by atoms with Crippen LogP contribution in [0.15, 0.2) is 0 Å². The molecule has 0 saturated carbocycles. The van der Waals surface area contributed by atoms with Crippen LogP contribution in [-0.4, -0.2) is 35.0 Å². The molecule has 0 aliphatic carbocycles. The summed E-state index contributed by atoms with van der Waals surface area (Å²) in [4.78, 5) is 0. The predicted molar refractivity (Wildman–Crippen MR) is 63.5 cm³/mol. The highest BCUT2D eigenvalue weighted by molar-refractivity contribution is 5.54. The highest BCUT2D eigenvalue weighted by Gasteiger charge is 1.93. The molecule has 0 aromatic carbocycles. The highest BCUT2D eigenvalue weighted by atomic mass is 16.5. The summed E-state index contributed by atoms with van der Waals surface area (Å²) in [5.74, 6) is 0. The van der Waals surface area contributed by atoms with Crippen LogP contribution in [0.1, 0.15) is 46.0 Å². The molecule has 0 atom stereocenters. The van der Waals surface area contributed by atoms with E-state index in [0.717, 1.165) is 41.6 Å². The van der Waals surface area contributed by atoms with Crippen molar-refractivity contribution in [2.24, 2.45) is 0 Å². The van der Waals surface area contributed by atoms with Gasteiger partial charge in [0.25, 0.3) is 0 Å². The van der Waals surface area contributed by atoms with Gasteiger partial charge in [0.2, 0.25) is 0 Å². The molecule has 0 fully saturated rings. The Morgan fingerprint density at radius 3 is 1.60 bits per heavy atom. The van der Waals surface area contributed by atoms with Crippen LogP contribution in [0.2, 0.25) is 0 Å². The van der Waals surface area contributed by atoms with Crippen molar-refractivity contribution in [1.29, 1.82) is 0 Å². The lowest BCUT2D eigenvalue weighted by molar-refractivity contribution is -0.454. The van der Waals surface area contributed by atoms with Gasteiger partial charge in [-0.1, -0.05) is 13.8 Å². The monoisotopic (exact) mass is 214 g/mol. The minimum absolute atomic E-state index is 0.563. The van der Waals surface area contributed by atoms with E-state index in [4.69, 9.17) is 0 Å². The second-order valence-corrected chi connectivity index (χ2v) is 3.58. The van der Waals surface area contributed by atoms with Gasteiger partial charge in [0.15, 0.2) is 25.5 Å². The maximum Gasteiger partial charge on any atom is 0.152 e. The van der Waals surface area contributed by atoms with Crippen molar-refractivity contribution >= 4 is 12.4 Å². The van der Waals surface area contributed by atoms with Crippen LogP contribution in [0.5, 0.6) is 0 Å². The van der Waals surface area contributed by atoms with Crippen molar-refractivity contribution in [3.8, 4) is 0 Å². The van der Waals surface area contributed by atoms with E-state index < -0.39 is 0 Å². The Balaban J connectivity index is 3.54. The number of hydrogen-bond acceptors (Lipinski definition) is 2. The van der Waals surface area contributed by atoms with Crippen LogP contribution < -0.4 is 0 Å². The largest absolute Gasteiger partial charge is 0.624 e. The molecule has 0 amide bonds. The fourth-order valence-corrected chi connectivity index (χ4v) is 1.21. The van der Waals surface area contributed by atoms with Gasteiger partial charge in [-0.2, -0.15) is 0 Å². The Labute approximate surface area is 92.1 Å². The number of hydroxylamine groups is 2. The van der Waals surface area contributed by atoms with Gasteiger partial charge < -0.3 is 10.4 Å². The summed E-state index contributed by atoms with van der Waals surface area (Å²) < 4.78 is 1.95. The summed E-state index contributed by atoms with van der Waals surface area (Å²) in [6.45, 7) is 5.08. The first-order valence-corrected chi connectivity index (χ1v) is 5.74. The molecule has 0 radical (unpaired) electrons. The van der Waals surface area contributed by atoms with Crippen LogP contribution in [0, 0.1) is 10.4 Å². The maximum absolute atomic E-state index is 11.0. The molecule has 0 unspecified atom stereocenters. The van der Waals surface area contributed by atoms with E-state index in [1.54, 1.807) is 12.4 Å². The van der Waals surface area contributed by atoms with Gasteiger partial charge in [-0.25, -0.2) is 9.48 Å². The zero-order chi connectivity index (χ0) is 11.5. The molecule has 0 aromatic heterocycles. The first kappa shape index (κ1) is 13.9. The first-order valence-electron chi connectivity index (χ1n) is 5.74. The van der Waals surface area contributed by atoms with Gasteiger partial charge in [-0.05, 0) is 6.42 Å². The molecule has 15 heavy (non-hydrogen) atoms. The predicted octanol–water partition coefficient (Wildman–Crippen LogP) is 2.14. The lowest BCUT2D eigenvalue weighted by atomic mass is 10.2. The molecular formula is C11H22N2O2. The van der Waals surface area contributed by atoms with Gasteiger partial charge in [-0.15, -0.1) is 0 Å². The summed E-state index contributed by atoms with van der Waals surface area (Å²) in [7, 11) is 0. The normalized spacial score (nSPS) is 13.2. The molecular weight excluding hydrogens is 192 g/mol. The maximum atomic E-state index is 11.0. The summed E-state index contributed by atoms with van der Waals surface area (Å²) >= 11 is 0. The van der Waals surface area contributed by atoms with Gasteiger partial charge in [0.1, 0.15) is 0 Å². The molecule has 4 nitrogen and oxygen atoms in total. The van der Waals surface area contributed by atoms with Crippen LogP contribution in [0.3, 0.4) is 0 Å². The summed E-state index contributed by atoms with van der Waals surface area (Å²) in [5, 5.41) is 22.0. The molecule has 0 N–H and O–H groups in total. The molecule has 0 aliphatic rings. The Hall–Kier alpha value is -1.06. The molecule has 88 valence electrons. The van der Waals surface area contributed by atoms with E-state index in [9.17, 15) is 10.4 Å². The van der Waals surface area contributed by atoms with Crippen molar-refractivity contribution in [2.75, 3.05) is 13.1 Å². The zero-order valence-electron chi connectivity index (χ0n) is 9.82. The fraction of sp³-hybridized carbons (Fsp3) is 0.818. The zero-order valence-corrected chi connectivity index (χ0v) is 9.82. The third-order valence-corrected chi connectivity index (χ3v) is 1.96. The quantitative estimate of drug-likeness (QED) is 0.204. The smallest absolute Gasteiger partial charge is 0.152 e. The number of nitrogens with zero attached hydrogens (tertiary/aromatic N) is 2. The molecule has 4 heteroatoms. The molecule has 0 saturated heterocycles. The van der Waals surface area contributed by atoms with Gasteiger partial charge in [0.05, 0.1) is 0 Å². The standard InChI is InChI=1S/C11H22N2O2/c1-3-8-12(14)10-6-5-7-11-13(15)9-4-2/h10-11H,3-9H2,1-2H3/b12-10-,13-11-. The van der Waals surface area contributed by atoms with Crippen molar-refractivity contribution in [3.63, 3.8) is 0 Å². The SMILES string of the molecule is CCC/[N+]([O-])=C/CCC/C=[N+](\[O-])CCC. The van der Waals surface area contributed by atoms with Crippen LogP contribution in [-0.2, 0) is 0 Å². The van der Waals surface area contributed by atoms with Crippen LogP contribution >= 0.6 is 0 Å². The topological polar surface area (TPSA) is 52.1 Å². The molecule has 0 spiro atoms. The molecule has 0 aromatic rings. The average Bonchev–Trinajstić information content (AvgIpc) is 2.18. The van der Waals surface area contributed by atoms with Gasteiger partial charge >= 0.3 is 0 Å². The van der Waals surface area contributed by atoms with Crippen molar-refractivity contribution < 1.29 is 9.48 Å². The second-order valence-electron chi connectivity index (χ2n) is 3.58. The van der Waals surface area contributed by atoms with E-state index in [1.807, 2.05) is 13.8 Å². The second kappa shape index (κ2) is 9.49. The van der Waals surface area contributed by atoms with Crippen LogP contribution in [0.25, 0.3) is 0 Å². The molecule has 0 aliphatic heterocycles. The average molecular weight is 214 g/mol. The van der Waals surface area contributed by atoms with Crippen LogP contribution in [0.4, 0.5) is 0 Å². The lowest BCUT2D eigenvalue weighted by Crippen LogP contribution is -2.07. The minimum atomic E-state index is 0.563. The Morgan fingerprint density at radius 1 is 0.867 bits per heavy atom. The first-order chi connectivity index (χ1) is 7.20. The number of hydrogen-bond donors (Lipinski definition) is 0. The fourth-order valence-electron chi connectivity index (χ4n) is 1.21. The van der Waals surface area contributed by atoms with E-state index in [0.29, 0.717) is 13.1 Å². The number of unbranched alkanes of at least 4 members (excludes halogenated alkanes) is 2.